The summed E-state index contributed by atoms with van der Waals surface area (Å²) in [6.07, 6.45) is 5.98. The van der Waals surface area contributed by atoms with Crippen LogP contribution >= 0.6 is 0 Å². The largest absolute Gasteiger partial charge is 0.494 e. The monoisotopic (exact) mass is 529 g/mol. The number of rotatable bonds is 11. The van der Waals surface area contributed by atoms with Crippen LogP contribution in [0.15, 0.2) is 24.5 Å². The maximum atomic E-state index is 12.5. The summed E-state index contributed by atoms with van der Waals surface area (Å²) in [4.78, 5) is 37.3. The third-order valence-corrected chi connectivity index (χ3v) is 6.79. The van der Waals surface area contributed by atoms with E-state index in [4.69, 9.17) is 15.6 Å². The molecule has 1 aromatic heterocycles. The molecule has 10 heteroatoms. The molecule has 1 aliphatic rings. The third-order valence-electron chi connectivity index (χ3n) is 6.79. The molecule has 38 heavy (non-hydrogen) atoms. The van der Waals surface area contributed by atoms with Gasteiger partial charge in [-0.3, -0.25) is 19.1 Å². The lowest BCUT2D eigenvalue weighted by molar-refractivity contribution is -0.141. The Balaban J connectivity index is 0.00000247. The number of nitrogens with two attached hydrogens (primary N) is 1. The molecule has 4 N–H and O–H groups in total. The van der Waals surface area contributed by atoms with Gasteiger partial charge in [0.2, 0.25) is 11.8 Å². The van der Waals surface area contributed by atoms with Crippen molar-refractivity contribution in [2.24, 2.45) is 18.7 Å². The van der Waals surface area contributed by atoms with Crippen LogP contribution in [0.1, 0.15) is 74.2 Å². The Hall–Kier alpha value is -3.40. The van der Waals surface area contributed by atoms with Gasteiger partial charge in [-0.15, -0.1) is 0 Å². The van der Waals surface area contributed by atoms with Crippen molar-refractivity contribution in [1.82, 2.24) is 20.0 Å². The molecule has 1 saturated heterocycles. The van der Waals surface area contributed by atoms with Gasteiger partial charge in [0, 0.05) is 44.9 Å². The van der Waals surface area contributed by atoms with Crippen molar-refractivity contribution in [3.8, 4) is 5.75 Å². The molecule has 2 aromatic rings. The SMILES string of the molecule is CC.Cc1cc(OCCC2CCCN(C(=O)CCC(=O)O)C2)cc(CNC(=O)C(N)c2cnn(C)c2)c1C. The number of carboxylic acid groups (broad SMARTS) is 1. The van der Waals surface area contributed by atoms with Crippen LogP contribution in [0.3, 0.4) is 0 Å². The van der Waals surface area contributed by atoms with E-state index in [2.05, 4.69) is 10.4 Å². The highest BCUT2D eigenvalue weighted by Crippen LogP contribution is 2.24. The van der Waals surface area contributed by atoms with Gasteiger partial charge in [-0.1, -0.05) is 13.8 Å². The van der Waals surface area contributed by atoms with Crippen molar-refractivity contribution in [3.63, 3.8) is 0 Å². The fraction of sp³-hybridized carbons (Fsp3) is 0.571. The van der Waals surface area contributed by atoms with Crippen LogP contribution < -0.4 is 15.8 Å². The van der Waals surface area contributed by atoms with Gasteiger partial charge in [0.15, 0.2) is 0 Å². The van der Waals surface area contributed by atoms with Gasteiger partial charge in [0.1, 0.15) is 11.8 Å². The molecule has 0 saturated carbocycles. The Kier molecular flexibility index (Phi) is 12.3. The zero-order valence-corrected chi connectivity index (χ0v) is 23.3. The van der Waals surface area contributed by atoms with Crippen LogP contribution in [0.5, 0.6) is 5.75 Å². The normalized spacial score (nSPS) is 15.7. The number of amides is 2. The highest BCUT2D eigenvalue weighted by atomic mass is 16.5. The van der Waals surface area contributed by atoms with E-state index in [1.807, 2.05) is 39.8 Å². The number of carbonyl (C=O) groups excluding carboxylic acids is 2. The fourth-order valence-corrected chi connectivity index (χ4v) is 4.45. The van der Waals surface area contributed by atoms with E-state index in [1.54, 1.807) is 29.0 Å². The van der Waals surface area contributed by atoms with Crippen LogP contribution in [-0.4, -0.2) is 57.3 Å². The Labute approximate surface area is 225 Å². The van der Waals surface area contributed by atoms with Gasteiger partial charge in [-0.05, 0) is 67.9 Å². The number of hydrogen-bond acceptors (Lipinski definition) is 6. The first kappa shape index (κ1) is 30.8. The number of nitrogens with zero attached hydrogens (tertiary/aromatic N) is 3. The number of benzene rings is 1. The van der Waals surface area contributed by atoms with Crippen LogP contribution in [0.4, 0.5) is 0 Å². The fourth-order valence-electron chi connectivity index (χ4n) is 4.45. The molecule has 10 nitrogen and oxygen atoms in total. The summed E-state index contributed by atoms with van der Waals surface area (Å²) in [5, 5.41) is 15.8. The summed E-state index contributed by atoms with van der Waals surface area (Å²) >= 11 is 0. The lowest BCUT2D eigenvalue weighted by Crippen LogP contribution is -2.40. The molecule has 0 aliphatic carbocycles. The average Bonchev–Trinajstić information content (AvgIpc) is 3.35. The number of nitrogens with one attached hydrogen (secondary N) is 1. The number of aryl methyl sites for hydroxylation is 2. The Morgan fingerprint density at radius 2 is 1.97 bits per heavy atom. The minimum atomic E-state index is -0.950. The molecular formula is C28H43N5O5. The van der Waals surface area contributed by atoms with Crippen molar-refractivity contribution >= 4 is 17.8 Å². The molecule has 1 aromatic carbocycles. The lowest BCUT2D eigenvalue weighted by atomic mass is 9.95. The zero-order chi connectivity index (χ0) is 28.2. The summed E-state index contributed by atoms with van der Waals surface area (Å²) in [7, 11) is 1.78. The standard InChI is InChI=1S/C26H37N5O5.C2H6/c1-17-11-22(36-10-8-19-5-4-9-31(15-19)23(32)6-7-24(33)34)12-20(18(17)2)13-28-26(35)25(27)21-14-29-30(3)16-21;1-2/h11-12,14,16,19,25H,4-10,13,15,27H2,1-3H3,(H,28,35)(H,33,34);1-2H3. The number of piperidine rings is 1. The van der Waals surface area contributed by atoms with Crippen LogP contribution in [0, 0.1) is 19.8 Å². The van der Waals surface area contributed by atoms with Crippen molar-refractivity contribution in [2.45, 2.75) is 72.4 Å². The molecule has 210 valence electrons. The number of likely N-dealkylation sites (tertiary alicyclic amines) is 1. The average molecular weight is 530 g/mol. The topological polar surface area (TPSA) is 140 Å². The van der Waals surface area contributed by atoms with E-state index in [9.17, 15) is 14.4 Å². The van der Waals surface area contributed by atoms with Crippen LogP contribution in [0.25, 0.3) is 0 Å². The van der Waals surface area contributed by atoms with Crippen molar-refractivity contribution in [3.05, 3.63) is 46.8 Å². The van der Waals surface area contributed by atoms with E-state index in [0.717, 1.165) is 41.7 Å². The number of aliphatic carboxylic acids is 1. The van der Waals surface area contributed by atoms with Gasteiger partial charge in [0.05, 0.1) is 19.2 Å². The van der Waals surface area contributed by atoms with E-state index in [0.29, 0.717) is 37.7 Å². The number of hydrogen-bond donors (Lipinski definition) is 3. The smallest absolute Gasteiger partial charge is 0.303 e. The number of carbonyl (C=O) groups is 3. The predicted octanol–water partition coefficient (Wildman–Crippen LogP) is 3.25. The first-order valence-electron chi connectivity index (χ1n) is 13.4. The van der Waals surface area contributed by atoms with Crippen LogP contribution in [-0.2, 0) is 28.0 Å². The van der Waals surface area contributed by atoms with Gasteiger partial charge < -0.3 is 25.8 Å². The molecule has 1 aliphatic heterocycles. The lowest BCUT2D eigenvalue weighted by Gasteiger charge is -2.32. The second kappa shape index (κ2) is 15.1. The molecule has 0 spiro atoms. The molecule has 2 unspecified atom stereocenters. The molecular weight excluding hydrogens is 486 g/mol. The van der Waals surface area contributed by atoms with Crippen molar-refractivity contribution in [1.29, 1.82) is 0 Å². The Morgan fingerprint density at radius 1 is 1.24 bits per heavy atom. The third kappa shape index (κ3) is 9.16. The maximum Gasteiger partial charge on any atom is 0.303 e. The van der Waals surface area contributed by atoms with Gasteiger partial charge >= 0.3 is 5.97 Å². The summed E-state index contributed by atoms with van der Waals surface area (Å²) in [6.45, 7) is 10.2. The second-order valence-electron chi connectivity index (χ2n) is 9.55. The number of carboxylic acids is 1. The summed E-state index contributed by atoms with van der Waals surface area (Å²) in [5.74, 6) is -0.247. The molecule has 0 bridgehead atoms. The minimum Gasteiger partial charge on any atom is -0.494 e. The maximum absolute atomic E-state index is 12.5. The Morgan fingerprint density at radius 3 is 2.63 bits per heavy atom. The number of aromatic nitrogens is 2. The number of ether oxygens (including phenoxy) is 1. The summed E-state index contributed by atoms with van der Waals surface area (Å²) in [6, 6.07) is 3.15. The second-order valence-corrected chi connectivity index (χ2v) is 9.55. The van der Waals surface area contributed by atoms with Gasteiger partial charge in [-0.2, -0.15) is 5.10 Å². The molecule has 2 heterocycles. The molecule has 2 atom stereocenters. The molecule has 3 rings (SSSR count). The van der Waals surface area contributed by atoms with Gasteiger partial charge in [-0.25, -0.2) is 0 Å². The van der Waals surface area contributed by atoms with E-state index in [-0.39, 0.29) is 24.7 Å². The molecule has 1 fully saturated rings. The highest BCUT2D eigenvalue weighted by molar-refractivity contribution is 5.82. The molecule has 0 radical (unpaired) electrons. The predicted molar refractivity (Wildman–Crippen MR) is 146 cm³/mol. The Bertz CT molecular complexity index is 1080. The van der Waals surface area contributed by atoms with E-state index in [1.165, 1.54) is 0 Å². The highest BCUT2D eigenvalue weighted by Gasteiger charge is 2.24. The molecule has 2 amide bonds. The minimum absolute atomic E-state index is 0.0493. The van der Waals surface area contributed by atoms with Crippen LogP contribution in [0.2, 0.25) is 0 Å². The first-order valence-corrected chi connectivity index (χ1v) is 13.4. The van der Waals surface area contributed by atoms with Crippen molar-refractivity contribution in [2.75, 3.05) is 19.7 Å². The van der Waals surface area contributed by atoms with E-state index < -0.39 is 12.0 Å². The quantitative estimate of drug-likeness (QED) is 0.406. The van der Waals surface area contributed by atoms with E-state index >= 15 is 0 Å². The van der Waals surface area contributed by atoms with Gasteiger partial charge in [0.25, 0.3) is 0 Å². The zero-order valence-electron chi connectivity index (χ0n) is 23.3. The first-order chi connectivity index (χ1) is 18.1. The summed E-state index contributed by atoms with van der Waals surface area (Å²) in [5.41, 5.74) is 9.84. The van der Waals surface area contributed by atoms with Crippen molar-refractivity contribution < 1.29 is 24.2 Å². The summed E-state index contributed by atoms with van der Waals surface area (Å²) < 4.78 is 7.67.